The second-order valence-corrected chi connectivity index (χ2v) is 6.78. The lowest BCUT2D eigenvalue weighted by Gasteiger charge is -2.06. The van der Waals surface area contributed by atoms with Gasteiger partial charge in [-0.25, -0.2) is 9.78 Å². The van der Waals surface area contributed by atoms with Crippen LogP contribution in [0.3, 0.4) is 0 Å². The average Bonchev–Trinajstić information content (AvgIpc) is 3.24. The minimum absolute atomic E-state index is 0.0353. The number of esters is 1. The third-order valence-electron chi connectivity index (χ3n) is 3.03. The Morgan fingerprint density at radius 1 is 1.43 bits per heavy atom. The van der Waals surface area contributed by atoms with Crippen LogP contribution < -0.4 is 0 Å². The summed E-state index contributed by atoms with van der Waals surface area (Å²) in [7, 11) is 0. The molecule has 3 rings (SSSR count). The maximum absolute atomic E-state index is 12.2. The van der Waals surface area contributed by atoms with E-state index in [9.17, 15) is 4.79 Å². The quantitative estimate of drug-likeness (QED) is 0.463. The summed E-state index contributed by atoms with van der Waals surface area (Å²) in [4.78, 5) is 18.4. The van der Waals surface area contributed by atoms with Gasteiger partial charge in [0.05, 0.1) is 15.5 Å². The van der Waals surface area contributed by atoms with Gasteiger partial charge in [-0.2, -0.15) is 0 Å². The molecule has 118 valence electrons. The zero-order valence-corrected chi connectivity index (χ0v) is 14.5. The third-order valence-corrected chi connectivity index (χ3v) is 4.94. The fourth-order valence-electron chi connectivity index (χ4n) is 1.89. The highest BCUT2D eigenvalue weighted by atomic mass is 35.5. The van der Waals surface area contributed by atoms with E-state index in [0.717, 1.165) is 9.77 Å². The topological polar surface area (TPSA) is 52.3 Å². The highest BCUT2D eigenvalue weighted by Gasteiger charge is 2.14. The molecule has 0 aliphatic rings. The van der Waals surface area contributed by atoms with E-state index in [0.29, 0.717) is 22.2 Å². The predicted molar refractivity (Wildman–Crippen MR) is 92.2 cm³/mol. The van der Waals surface area contributed by atoms with Crippen LogP contribution in [-0.2, 0) is 11.3 Å². The molecule has 0 bridgehead atoms. The zero-order valence-electron chi connectivity index (χ0n) is 12.1. The Kier molecular flexibility index (Phi) is 5.05. The second kappa shape index (κ2) is 7.21. The van der Waals surface area contributed by atoms with E-state index >= 15 is 0 Å². The van der Waals surface area contributed by atoms with Crippen molar-refractivity contribution in [3.05, 3.63) is 58.3 Å². The number of benzene rings is 1. The van der Waals surface area contributed by atoms with Crippen LogP contribution >= 0.6 is 34.7 Å². The molecular formula is C16H12ClNO3S2. The van der Waals surface area contributed by atoms with Crippen molar-refractivity contribution in [1.82, 2.24) is 4.98 Å². The number of thiophene rings is 1. The van der Waals surface area contributed by atoms with Gasteiger partial charge >= 0.3 is 5.97 Å². The first kappa shape index (κ1) is 16.1. The maximum atomic E-state index is 12.2. The smallest absolute Gasteiger partial charge is 0.340 e. The van der Waals surface area contributed by atoms with Gasteiger partial charge in [-0.3, -0.25) is 0 Å². The molecule has 0 saturated heterocycles. The summed E-state index contributed by atoms with van der Waals surface area (Å²) in [5.74, 6) is 0.0417. The van der Waals surface area contributed by atoms with Crippen LogP contribution in [-0.4, -0.2) is 17.2 Å². The molecule has 1 aromatic carbocycles. The molecule has 0 N–H and O–H groups in total. The summed E-state index contributed by atoms with van der Waals surface area (Å²) >= 11 is 9.12. The number of aromatic nitrogens is 1. The van der Waals surface area contributed by atoms with Gasteiger partial charge in [0.15, 0.2) is 0 Å². The number of rotatable bonds is 5. The molecule has 0 fully saturated rings. The molecule has 0 atom stereocenters. The summed E-state index contributed by atoms with van der Waals surface area (Å²) in [5, 5.41) is 2.31. The van der Waals surface area contributed by atoms with Crippen LogP contribution in [0.1, 0.15) is 16.1 Å². The second-order valence-electron chi connectivity index (χ2n) is 4.54. The van der Waals surface area contributed by atoms with Crippen LogP contribution in [0.5, 0.6) is 0 Å². The Morgan fingerprint density at radius 3 is 3.04 bits per heavy atom. The summed E-state index contributed by atoms with van der Waals surface area (Å²) in [6, 6.07) is 9.10. The maximum Gasteiger partial charge on any atom is 0.340 e. The highest BCUT2D eigenvalue weighted by Crippen LogP contribution is 2.25. The summed E-state index contributed by atoms with van der Waals surface area (Å²) in [6.45, 7) is 0.0353. The molecule has 0 spiro atoms. The zero-order chi connectivity index (χ0) is 16.2. The first-order valence-electron chi connectivity index (χ1n) is 6.66. The lowest BCUT2D eigenvalue weighted by Crippen LogP contribution is -2.06. The first-order valence-corrected chi connectivity index (χ1v) is 9.14. The van der Waals surface area contributed by atoms with Crippen molar-refractivity contribution in [3.63, 3.8) is 0 Å². The lowest BCUT2D eigenvalue weighted by molar-refractivity contribution is 0.0467. The first-order chi connectivity index (χ1) is 11.2. The van der Waals surface area contributed by atoms with E-state index in [1.807, 2.05) is 29.8 Å². The summed E-state index contributed by atoms with van der Waals surface area (Å²) < 4.78 is 10.7. The van der Waals surface area contributed by atoms with E-state index in [4.69, 9.17) is 20.8 Å². The van der Waals surface area contributed by atoms with Crippen molar-refractivity contribution in [3.8, 4) is 10.8 Å². The number of ether oxygens (including phenoxy) is 1. The number of halogens is 1. The molecule has 4 nitrogen and oxygen atoms in total. The van der Waals surface area contributed by atoms with Gasteiger partial charge in [0.1, 0.15) is 18.6 Å². The molecule has 23 heavy (non-hydrogen) atoms. The predicted octanol–water partition coefficient (Wildman–Crippen LogP) is 5.14. The highest BCUT2D eigenvalue weighted by molar-refractivity contribution is 7.98. The van der Waals surface area contributed by atoms with Gasteiger partial charge in [0.2, 0.25) is 5.89 Å². The molecule has 2 aromatic heterocycles. The minimum Gasteiger partial charge on any atom is -0.455 e. The molecule has 7 heteroatoms. The van der Waals surface area contributed by atoms with Gasteiger partial charge in [0, 0.05) is 4.90 Å². The minimum atomic E-state index is -0.480. The number of hydrogen-bond donors (Lipinski definition) is 0. The Morgan fingerprint density at radius 2 is 2.30 bits per heavy atom. The molecule has 3 aromatic rings. The Hall–Kier alpha value is -1.76. The van der Waals surface area contributed by atoms with Gasteiger partial charge in [0.25, 0.3) is 0 Å². The number of oxazole rings is 1. The van der Waals surface area contributed by atoms with E-state index in [1.54, 1.807) is 12.1 Å². The molecule has 0 aliphatic carbocycles. The van der Waals surface area contributed by atoms with Crippen molar-refractivity contribution in [2.24, 2.45) is 0 Å². The molecule has 2 heterocycles. The standard InChI is InChI=1S/C16H12ClNO3S2/c1-22-11-4-5-13(17)12(7-11)16(19)21-9-10-8-20-15(18-10)14-3-2-6-23-14/h2-8H,9H2,1H3. The number of carbonyl (C=O) groups excluding carboxylic acids is 1. The molecule has 0 amide bonds. The van der Waals surface area contributed by atoms with E-state index in [-0.39, 0.29) is 6.61 Å². The van der Waals surface area contributed by atoms with Crippen LogP contribution in [0.15, 0.2) is 51.3 Å². The Labute approximate surface area is 146 Å². The molecule has 0 radical (unpaired) electrons. The van der Waals surface area contributed by atoms with Crippen LogP contribution in [0.4, 0.5) is 0 Å². The van der Waals surface area contributed by atoms with Gasteiger partial charge < -0.3 is 9.15 Å². The fourth-order valence-corrected chi connectivity index (χ4v) is 3.18. The largest absolute Gasteiger partial charge is 0.455 e. The Balaban J connectivity index is 1.67. The summed E-state index contributed by atoms with van der Waals surface area (Å²) in [6.07, 6.45) is 3.42. The van der Waals surface area contributed by atoms with Gasteiger partial charge in [-0.05, 0) is 35.9 Å². The van der Waals surface area contributed by atoms with Crippen molar-refractivity contribution in [1.29, 1.82) is 0 Å². The number of hydrogen-bond acceptors (Lipinski definition) is 6. The van der Waals surface area contributed by atoms with Crippen LogP contribution in [0, 0.1) is 0 Å². The van der Waals surface area contributed by atoms with Gasteiger partial charge in [-0.15, -0.1) is 23.1 Å². The van der Waals surface area contributed by atoms with Crippen molar-refractivity contribution in [2.45, 2.75) is 11.5 Å². The number of nitrogens with zero attached hydrogens (tertiary/aromatic N) is 1. The number of thioether (sulfide) groups is 1. The molecular weight excluding hydrogens is 354 g/mol. The monoisotopic (exact) mass is 365 g/mol. The van der Waals surface area contributed by atoms with E-state index < -0.39 is 5.97 Å². The molecule has 0 saturated carbocycles. The van der Waals surface area contributed by atoms with Crippen molar-refractivity contribution in [2.75, 3.05) is 6.26 Å². The van der Waals surface area contributed by atoms with Crippen LogP contribution in [0.2, 0.25) is 5.02 Å². The van der Waals surface area contributed by atoms with E-state index in [1.165, 1.54) is 29.4 Å². The SMILES string of the molecule is CSc1ccc(Cl)c(C(=O)OCc2coc(-c3cccs3)n2)c1. The van der Waals surface area contributed by atoms with Crippen molar-refractivity contribution >= 4 is 40.7 Å². The van der Waals surface area contributed by atoms with Crippen molar-refractivity contribution < 1.29 is 13.9 Å². The average molecular weight is 366 g/mol. The fraction of sp³-hybridized carbons (Fsp3) is 0.125. The van der Waals surface area contributed by atoms with Crippen LogP contribution in [0.25, 0.3) is 10.8 Å². The normalized spacial score (nSPS) is 10.7. The Bertz CT molecular complexity index is 815. The van der Waals surface area contributed by atoms with Gasteiger partial charge in [-0.1, -0.05) is 17.7 Å². The molecule has 0 aliphatic heterocycles. The summed E-state index contributed by atoms with van der Waals surface area (Å²) in [5.41, 5.74) is 0.902. The molecule has 0 unspecified atom stereocenters. The number of carbonyl (C=O) groups is 1. The van der Waals surface area contributed by atoms with E-state index in [2.05, 4.69) is 4.98 Å². The lowest BCUT2D eigenvalue weighted by atomic mass is 10.2. The third kappa shape index (κ3) is 3.77.